The van der Waals surface area contributed by atoms with Crippen LogP contribution in [0.3, 0.4) is 0 Å². The average Bonchev–Trinajstić information content (AvgIpc) is 2.83. The van der Waals surface area contributed by atoms with Crippen LogP contribution < -0.4 is 19.6 Å². The minimum absolute atomic E-state index is 0.00201. The molecule has 0 unspecified atom stereocenters. The van der Waals surface area contributed by atoms with Crippen LogP contribution in [0.1, 0.15) is 18.1 Å². The summed E-state index contributed by atoms with van der Waals surface area (Å²) < 4.78 is 16.8. The maximum atomic E-state index is 12.0. The van der Waals surface area contributed by atoms with Gasteiger partial charge in [-0.1, -0.05) is 35.9 Å². The van der Waals surface area contributed by atoms with E-state index >= 15 is 0 Å². The third kappa shape index (κ3) is 7.21. The summed E-state index contributed by atoms with van der Waals surface area (Å²) in [5, 5.41) is 15.5. The highest BCUT2D eigenvalue weighted by Gasteiger charge is 2.14. The van der Waals surface area contributed by atoms with E-state index in [0.29, 0.717) is 35.3 Å². The van der Waals surface area contributed by atoms with Crippen molar-refractivity contribution in [2.24, 2.45) is 5.10 Å². The van der Waals surface area contributed by atoms with Crippen LogP contribution in [-0.2, 0) is 11.4 Å². The highest BCUT2D eigenvalue weighted by Crippen LogP contribution is 2.29. The summed E-state index contributed by atoms with van der Waals surface area (Å²) >= 11 is 5.91. The van der Waals surface area contributed by atoms with Gasteiger partial charge in [-0.2, -0.15) is 5.10 Å². The van der Waals surface area contributed by atoms with Crippen molar-refractivity contribution >= 4 is 29.4 Å². The van der Waals surface area contributed by atoms with E-state index in [0.717, 1.165) is 5.56 Å². The maximum Gasteiger partial charge on any atom is 0.310 e. The smallest absolute Gasteiger partial charge is 0.310 e. The Balaban J connectivity index is 1.56. The number of hydrogen-bond donors (Lipinski definition) is 1. The number of rotatable bonds is 11. The Morgan fingerprint density at radius 2 is 1.79 bits per heavy atom. The average molecular weight is 484 g/mol. The summed E-state index contributed by atoms with van der Waals surface area (Å²) in [5.74, 6) is 0.534. The Hall–Kier alpha value is -4.11. The van der Waals surface area contributed by atoms with Crippen molar-refractivity contribution < 1.29 is 23.9 Å². The number of para-hydroxylation sites is 2. The van der Waals surface area contributed by atoms with E-state index in [1.165, 1.54) is 24.4 Å². The molecule has 0 spiro atoms. The largest absolute Gasteiger partial charge is 0.490 e. The topological polar surface area (TPSA) is 112 Å². The molecule has 34 heavy (non-hydrogen) atoms. The number of hydrazone groups is 1. The standard InChI is InChI=1S/C24H22ClN3O6/c1-2-32-23-13-18(9-12-22(23)33-15-17-7-10-19(25)11-8-17)14-26-27-24(29)16-34-21-6-4-3-5-20(21)28(30)31/h3-14H,2,15-16H2,1H3,(H,27,29)/b26-14+. The van der Waals surface area contributed by atoms with Gasteiger partial charge in [0.2, 0.25) is 0 Å². The number of benzene rings is 3. The highest BCUT2D eigenvalue weighted by atomic mass is 35.5. The van der Waals surface area contributed by atoms with Gasteiger partial charge < -0.3 is 14.2 Å². The van der Waals surface area contributed by atoms with Crippen LogP contribution >= 0.6 is 11.6 Å². The molecule has 0 aliphatic rings. The SMILES string of the molecule is CCOc1cc(/C=N/NC(=O)COc2ccccc2[N+](=O)[O-])ccc1OCc1ccc(Cl)cc1. The Bertz CT molecular complexity index is 1170. The van der Waals surface area contributed by atoms with Crippen molar-refractivity contribution in [1.82, 2.24) is 5.43 Å². The molecular weight excluding hydrogens is 462 g/mol. The summed E-state index contributed by atoms with van der Waals surface area (Å²) in [5.41, 5.74) is 3.73. The summed E-state index contributed by atoms with van der Waals surface area (Å²) in [6, 6.07) is 18.4. The van der Waals surface area contributed by atoms with Gasteiger partial charge in [-0.3, -0.25) is 14.9 Å². The minimum Gasteiger partial charge on any atom is -0.490 e. The molecule has 0 aliphatic heterocycles. The fraction of sp³-hybridized carbons (Fsp3) is 0.167. The van der Waals surface area contributed by atoms with E-state index in [2.05, 4.69) is 10.5 Å². The van der Waals surface area contributed by atoms with Crippen LogP contribution in [0.5, 0.6) is 17.2 Å². The predicted octanol–water partition coefficient (Wildman–Crippen LogP) is 4.76. The molecule has 0 atom stereocenters. The summed E-state index contributed by atoms with van der Waals surface area (Å²) in [6.45, 7) is 2.23. The van der Waals surface area contributed by atoms with Gasteiger partial charge in [0.15, 0.2) is 23.9 Å². The fourth-order valence-electron chi connectivity index (χ4n) is 2.82. The number of nitrogens with zero attached hydrogens (tertiary/aromatic N) is 2. The molecule has 0 bridgehead atoms. The van der Waals surface area contributed by atoms with Gasteiger partial charge in [0.25, 0.3) is 5.91 Å². The summed E-state index contributed by atoms with van der Waals surface area (Å²) in [6.07, 6.45) is 1.44. The van der Waals surface area contributed by atoms with Crippen molar-refractivity contribution in [3.05, 3.63) is 93.0 Å². The van der Waals surface area contributed by atoms with Gasteiger partial charge in [-0.05, 0) is 54.4 Å². The number of hydrogen-bond acceptors (Lipinski definition) is 7. The molecule has 1 N–H and O–H groups in total. The van der Waals surface area contributed by atoms with E-state index in [1.54, 1.807) is 36.4 Å². The second-order valence-corrected chi connectivity index (χ2v) is 7.30. The zero-order valence-corrected chi connectivity index (χ0v) is 19.0. The fourth-order valence-corrected chi connectivity index (χ4v) is 2.94. The lowest BCUT2D eigenvalue weighted by Gasteiger charge is -2.12. The molecule has 9 nitrogen and oxygen atoms in total. The molecule has 0 saturated heterocycles. The third-order valence-electron chi connectivity index (χ3n) is 4.40. The van der Waals surface area contributed by atoms with Crippen LogP contribution in [0.2, 0.25) is 5.02 Å². The zero-order valence-electron chi connectivity index (χ0n) is 18.3. The molecule has 3 rings (SSSR count). The first kappa shape index (κ1) is 24.5. The van der Waals surface area contributed by atoms with E-state index in [4.69, 9.17) is 25.8 Å². The molecule has 0 fully saturated rings. The molecule has 10 heteroatoms. The molecule has 176 valence electrons. The minimum atomic E-state index is -0.579. The van der Waals surface area contributed by atoms with Gasteiger partial charge in [0.05, 0.1) is 17.7 Å². The molecule has 0 saturated carbocycles. The number of nitro groups is 1. The molecule has 0 heterocycles. The van der Waals surface area contributed by atoms with Crippen LogP contribution in [-0.4, -0.2) is 30.3 Å². The third-order valence-corrected chi connectivity index (χ3v) is 4.65. The van der Waals surface area contributed by atoms with Gasteiger partial charge in [-0.25, -0.2) is 5.43 Å². The number of nitrogens with one attached hydrogen (secondary N) is 1. The number of ether oxygens (including phenoxy) is 3. The second-order valence-electron chi connectivity index (χ2n) is 6.86. The van der Waals surface area contributed by atoms with Crippen LogP contribution in [0.4, 0.5) is 5.69 Å². The van der Waals surface area contributed by atoms with E-state index < -0.39 is 17.4 Å². The second kappa shape index (κ2) is 12.2. The lowest BCUT2D eigenvalue weighted by molar-refractivity contribution is -0.385. The molecule has 0 radical (unpaired) electrons. The van der Waals surface area contributed by atoms with Gasteiger partial charge in [0, 0.05) is 11.1 Å². The first-order chi connectivity index (χ1) is 16.5. The van der Waals surface area contributed by atoms with E-state index in [1.807, 2.05) is 19.1 Å². The van der Waals surface area contributed by atoms with Crippen molar-refractivity contribution in [3.63, 3.8) is 0 Å². The molecule has 0 aliphatic carbocycles. The first-order valence-electron chi connectivity index (χ1n) is 10.3. The lowest BCUT2D eigenvalue weighted by atomic mass is 10.2. The van der Waals surface area contributed by atoms with Gasteiger partial charge >= 0.3 is 5.69 Å². The molecular formula is C24H22ClN3O6. The van der Waals surface area contributed by atoms with E-state index in [9.17, 15) is 14.9 Å². The number of halogens is 1. The van der Waals surface area contributed by atoms with Gasteiger partial charge in [0.1, 0.15) is 6.61 Å². The van der Waals surface area contributed by atoms with E-state index in [-0.39, 0.29) is 11.4 Å². The quantitative estimate of drug-likeness (QED) is 0.239. The summed E-state index contributed by atoms with van der Waals surface area (Å²) in [7, 11) is 0. The highest BCUT2D eigenvalue weighted by molar-refractivity contribution is 6.30. The zero-order chi connectivity index (χ0) is 24.3. The van der Waals surface area contributed by atoms with Crippen molar-refractivity contribution in [2.75, 3.05) is 13.2 Å². The maximum absolute atomic E-state index is 12.0. The van der Waals surface area contributed by atoms with Crippen LogP contribution in [0, 0.1) is 10.1 Å². The summed E-state index contributed by atoms with van der Waals surface area (Å²) in [4.78, 5) is 22.4. The first-order valence-corrected chi connectivity index (χ1v) is 10.7. The van der Waals surface area contributed by atoms with Crippen molar-refractivity contribution in [3.8, 4) is 17.2 Å². The number of amides is 1. The molecule has 1 amide bonds. The Kier molecular flexibility index (Phi) is 8.81. The number of carbonyl (C=O) groups is 1. The van der Waals surface area contributed by atoms with Crippen LogP contribution in [0.15, 0.2) is 71.8 Å². The lowest BCUT2D eigenvalue weighted by Crippen LogP contribution is -2.24. The monoisotopic (exact) mass is 483 g/mol. The Labute approximate surface area is 201 Å². The van der Waals surface area contributed by atoms with Crippen molar-refractivity contribution in [2.45, 2.75) is 13.5 Å². The number of nitro benzene ring substituents is 1. The molecule has 3 aromatic carbocycles. The van der Waals surface area contributed by atoms with Gasteiger partial charge in [-0.15, -0.1) is 0 Å². The van der Waals surface area contributed by atoms with Crippen LogP contribution in [0.25, 0.3) is 0 Å². The molecule has 0 aromatic heterocycles. The molecule has 3 aromatic rings. The van der Waals surface area contributed by atoms with Crippen molar-refractivity contribution in [1.29, 1.82) is 0 Å². The Morgan fingerprint density at radius 3 is 2.53 bits per heavy atom. The predicted molar refractivity (Wildman–Crippen MR) is 128 cm³/mol. The number of carbonyl (C=O) groups excluding carboxylic acids is 1. The normalized spacial score (nSPS) is 10.6. The Morgan fingerprint density at radius 1 is 1.03 bits per heavy atom.